The van der Waals surface area contributed by atoms with E-state index in [1.165, 1.54) is 23.8 Å². The van der Waals surface area contributed by atoms with Gasteiger partial charge in [0, 0.05) is 18.3 Å². The minimum atomic E-state index is -0.304. The van der Waals surface area contributed by atoms with Crippen LogP contribution in [0.1, 0.15) is 17.5 Å². The smallest absolute Gasteiger partial charge is 0.250 e. The highest BCUT2D eigenvalue weighted by atomic mass is 32.1. The SMILES string of the molecule is O=C(C=Cc1ccc(F)cc1)NC(=S)N1CCCc2ccccc21. The Bertz CT molecular complexity index is 786. The van der Waals surface area contributed by atoms with E-state index < -0.39 is 0 Å². The van der Waals surface area contributed by atoms with Crippen molar-refractivity contribution in [2.24, 2.45) is 0 Å². The second-order valence-corrected chi connectivity index (χ2v) is 5.95. The highest BCUT2D eigenvalue weighted by Gasteiger charge is 2.20. The molecule has 5 heteroatoms. The molecule has 1 aliphatic heterocycles. The number of carbonyl (C=O) groups is 1. The van der Waals surface area contributed by atoms with Gasteiger partial charge in [-0.15, -0.1) is 0 Å². The number of rotatable bonds is 2. The number of carbonyl (C=O) groups excluding carboxylic acids is 1. The Kier molecular flexibility index (Phi) is 5.01. The summed E-state index contributed by atoms with van der Waals surface area (Å²) in [5, 5.41) is 3.13. The number of para-hydroxylation sites is 1. The molecule has 0 saturated carbocycles. The number of thiocarbonyl (C=S) groups is 1. The summed E-state index contributed by atoms with van der Waals surface area (Å²) in [6.45, 7) is 0.789. The van der Waals surface area contributed by atoms with Crippen molar-refractivity contribution >= 4 is 35.0 Å². The first-order chi connectivity index (χ1) is 11.6. The van der Waals surface area contributed by atoms with Gasteiger partial charge in [-0.05, 0) is 60.5 Å². The Morgan fingerprint density at radius 1 is 1.17 bits per heavy atom. The van der Waals surface area contributed by atoms with Crippen LogP contribution in [0.25, 0.3) is 6.08 Å². The average molecular weight is 340 g/mol. The summed E-state index contributed by atoms with van der Waals surface area (Å²) >= 11 is 5.38. The van der Waals surface area contributed by atoms with Gasteiger partial charge in [-0.2, -0.15) is 0 Å². The van der Waals surface area contributed by atoms with Gasteiger partial charge in [0.2, 0.25) is 5.91 Å². The van der Waals surface area contributed by atoms with Crippen LogP contribution in [0.5, 0.6) is 0 Å². The molecule has 2 aromatic carbocycles. The number of halogens is 1. The summed E-state index contributed by atoms with van der Waals surface area (Å²) in [7, 11) is 0. The fraction of sp³-hybridized carbons (Fsp3) is 0.158. The maximum Gasteiger partial charge on any atom is 0.250 e. The molecule has 0 unspecified atom stereocenters. The molecule has 24 heavy (non-hydrogen) atoms. The number of fused-ring (bicyclic) bond motifs is 1. The Morgan fingerprint density at radius 3 is 2.71 bits per heavy atom. The number of hydrogen-bond donors (Lipinski definition) is 1. The monoisotopic (exact) mass is 340 g/mol. The molecule has 1 aliphatic rings. The van der Waals surface area contributed by atoms with E-state index in [0.29, 0.717) is 5.11 Å². The molecule has 1 heterocycles. The number of aryl methyl sites for hydroxylation is 1. The summed E-state index contributed by atoms with van der Waals surface area (Å²) in [4.78, 5) is 14.0. The van der Waals surface area contributed by atoms with Crippen LogP contribution in [-0.2, 0) is 11.2 Å². The molecular formula is C19H17FN2OS. The van der Waals surface area contributed by atoms with E-state index in [1.807, 2.05) is 23.1 Å². The largest absolute Gasteiger partial charge is 0.318 e. The number of hydrogen-bond acceptors (Lipinski definition) is 2. The molecule has 122 valence electrons. The third kappa shape index (κ3) is 3.86. The van der Waals surface area contributed by atoms with Crippen LogP contribution in [0, 0.1) is 5.82 Å². The van der Waals surface area contributed by atoms with Crippen molar-refractivity contribution in [2.45, 2.75) is 12.8 Å². The molecular weight excluding hydrogens is 323 g/mol. The lowest BCUT2D eigenvalue weighted by Gasteiger charge is -2.31. The van der Waals surface area contributed by atoms with Crippen LogP contribution >= 0.6 is 12.2 Å². The molecule has 3 nitrogen and oxygen atoms in total. The molecule has 0 saturated heterocycles. The summed E-state index contributed by atoms with van der Waals surface area (Å²) in [5.74, 6) is -0.603. The molecule has 1 amide bonds. The van der Waals surface area contributed by atoms with Crippen molar-refractivity contribution in [3.63, 3.8) is 0 Å². The first-order valence-corrected chi connectivity index (χ1v) is 8.18. The van der Waals surface area contributed by atoms with Crippen molar-refractivity contribution in [3.05, 3.63) is 71.6 Å². The van der Waals surface area contributed by atoms with Crippen LogP contribution < -0.4 is 10.2 Å². The van der Waals surface area contributed by atoms with E-state index in [0.717, 1.165) is 30.6 Å². The molecule has 0 fully saturated rings. The highest BCUT2D eigenvalue weighted by Crippen LogP contribution is 2.26. The minimum absolute atomic E-state index is 0.299. The van der Waals surface area contributed by atoms with Gasteiger partial charge in [-0.25, -0.2) is 4.39 Å². The molecule has 3 rings (SSSR count). The fourth-order valence-corrected chi connectivity index (χ4v) is 3.00. The van der Waals surface area contributed by atoms with Crippen LogP contribution in [0.2, 0.25) is 0 Å². The van der Waals surface area contributed by atoms with Crippen molar-refractivity contribution in [3.8, 4) is 0 Å². The van der Waals surface area contributed by atoms with Crippen LogP contribution in [0.4, 0.5) is 10.1 Å². The Hall–Kier alpha value is -2.53. The lowest BCUT2D eigenvalue weighted by molar-refractivity contribution is -0.115. The van der Waals surface area contributed by atoms with E-state index in [-0.39, 0.29) is 11.7 Å². The zero-order chi connectivity index (χ0) is 16.9. The van der Waals surface area contributed by atoms with Gasteiger partial charge in [-0.3, -0.25) is 10.1 Å². The summed E-state index contributed by atoms with van der Waals surface area (Å²) in [6, 6.07) is 14.0. The van der Waals surface area contributed by atoms with Crippen molar-refractivity contribution in [1.29, 1.82) is 0 Å². The zero-order valence-electron chi connectivity index (χ0n) is 13.0. The van der Waals surface area contributed by atoms with Gasteiger partial charge < -0.3 is 4.90 Å². The van der Waals surface area contributed by atoms with Gasteiger partial charge in [-0.1, -0.05) is 30.3 Å². The number of amides is 1. The molecule has 0 atom stereocenters. The first-order valence-electron chi connectivity index (χ1n) is 7.77. The molecule has 0 aliphatic carbocycles. The van der Waals surface area contributed by atoms with E-state index >= 15 is 0 Å². The lowest BCUT2D eigenvalue weighted by Crippen LogP contribution is -2.44. The van der Waals surface area contributed by atoms with Gasteiger partial charge in [0.1, 0.15) is 5.82 Å². The predicted octanol–water partition coefficient (Wildman–Crippen LogP) is 3.69. The third-order valence-corrected chi connectivity index (χ3v) is 4.21. The van der Waals surface area contributed by atoms with Crippen molar-refractivity contribution in [1.82, 2.24) is 5.32 Å². The number of nitrogens with one attached hydrogen (secondary N) is 1. The second-order valence-electron chi connectivity index (χ2n) is 5.56. The van der Waals surface area contributed by atoms with Crippen LogP contribution in [0.15, 0.2) is 54.6 Å². The maximum absolute atomic E-state index is 12.9. The van der Waals surface area contributed by atoms with Gasteiger partial charge >= 0.3 is 0 Å². The molecule has 0 spiro atoms. The molecule has 2 aromatic rings. The Balaban J connectivity index is 1.65. The van der Waals surface area contributed by atoms with E-state index in [4.69, 9.17) is 12.2 Å². The molecule has 1 N–H and O–H groups in total. The van der Waals surface area contributed by atoms with Crippen molar-refractivity contribution in [2.75, 3.05) is 11.4 Å². The summed E-state index contributed by atoms with van der Waals surface area (Å²) < 4.78 is 12.9. The third-order valence-electron chi connectivity index (χ3n) is 3.88. The molecule has 0 bridgehead atoms. The van der Waals surface area contributed by atoms with E-state index in [1.54, 1.807) is 18.2 Å². The van der Waals surface area contributed by atoms with Gasteiger partial charge in [0.15, 0.2) is 5.11 Å². The molecule has 0 radical (unpaired) electrons. The maximum atomic E-state index is 12.9. The van der Waals surface area contributed by atoms with Crippen LogP contribution in [-0.4, -0.2) is 17.6 Å². The minimum Gasteiger partial charge on any atom is -0.318 e. The number of benzene rings is 2. The summed E-state index contributed by atoms with van der Waals surface area (Å²) in [6.07, 6.45) is 5.04. The van der Waals surface area contributed by atoms with Gasteiger partial charge in [0.05, 0.1) is 0 Å². The quantitative estimate of drug-likeness (QED) is 0.668. The first kappa shape index (κ1) is 16.3. The zero-order valence-corrected chi connectivity index (χ0v) is 13.9. The van der Waals surface area contributed by atoms with E-state index in [2.05, 4.69) is 11.4 Å². The standard InChI is InChI=1S/C19H17FN2OS/c20-16-10-7-14(8-11-16)9-12-18(23)21-19(24)22-13-3-5-15-4-1-2-6-17(15)22/h1-2,4,6-12H,3,5,13H2,(H,21,23,24). The van der Waals surface area contributed by atoms with Crippen molar-refractivity contribution < 1.29 is 9.18 Å². The molecule has 0 aromatic heterocycles. The summed E-state index contributed by atoms with van der Waals surface area (Å²) in [5.41, 5.74) is 3.04. The normalized spacial score (nSPS) is 13.6. The second kappa shape index (κ2) is 7.36. The Labute approximate surface area is 145 Å². The van der Waals surface area contributed by atoms with Gasteiger partial charge in [0.25, 0.3) is 0 Å². The average Bonchev–Trinajstić information content (AvgIpc) is 2.60. The topological polar surface area (TPSA) is 32.3 Å². The predicted molar refractivity (Wildman–Crippen MR) is 98.3 cm³/mol. The number of nitrogens with zero attached hydrogens (tertiary/aromatic N) is 1. The fourth-order valence-electron chi connectivity index (χ4n) is 2.70. The van der Waals surface area contributed by atoms with Crippen LogP contribution in [0.3, 0.4) is 0 Å². The van der Waals surface area contributed by atoms with E-state index in [9.17, 15) is 9.18 Å². The Morgan fingerprint density at radius 2 is 1.92 bits per heavy atom. The number of anilines is 1. The lowest BCUT2D eigenvalue weighted by atomic mass is 10.0. The highest BCUT2D eigenvalue weighted by molar-refractivity contribution is 7.80.